The minimum absolute atomic E-state index is 0.0997. The quantitative estimate of drug-likeness (QED) is 0.907. The van der Waals surface area contributed by atoms with Crippen LogP contribution in [0.25, 0.3) is 11.0 Å². The minimum atomic E-state index is -4.45. The molecule has 0 unspecified atom stereocenters. The van der Waals surface area contributed by atoms with Crippen LogP contribution in [0.3, 0.4) is 0 Å². The van der Waals surface area contributed by atoms with Gasteiger partial charge in [0.15, 0.2) is 5.76 Å². The molecule has 1 N–H and O–H groups in total. The average molecular weight is 336 g/mol. The van der Waals surface area contributed by atoms with Crippen molar-refractivity contribution >= 4 is 32.8 Å². The Kier molecular flexibility index (Phi) is 3.58. The van der Waals surface area contributed by atoms with Crippen LogP contribution in [-0.2, 0) is 0 Å². The number of hydrogen-bond donors (Lipinski definition) is 1. The number of furan rings is 1. The Bertz CT molecular complexity index is 634. The Morgan fingerprint density at radius 3 is 2.74 bits per heavy atom. The van der Waals surface area contributed by atoms with Gasteiger partial charge in [0.25, 0.3) is 5.91 Å². The number of benzene rings is 1. The van der Waals surface area contributed by atoms with Crippen molar-refractivity contribution in [2.24, 2.45) is 0 Å². The van der Waals surface area contributed by atoms with Crippen LogP contribution in [0.4, 0.5) is 13.2 Å². The summed E-state index contributed by atoms with van der Waals surface area (Å²) in [4.78, 5) is 11.7. The van der Waals surface area contributed by atoms with Crippen molar-refractivity contribution in [3.63, 3.8) is 0 Å². The SMILES string of the molecule is Cc1c(C(=O)NCC(F)(F)F)oc2ccc(Br)cc12. The molecule has 3 nitrogen and oxygen atoms in total. The van der Waals surface area contributed by atoms with Crippen LogP contribution in [0, 0.1) is 6.92 Å². The van der Waals surface area contributed by atoms with Crippen LogP contribution in [0.5, 0.6) is 0 Å². The number of rotatable bonds is 2. The maximum atomic E-state index is 12.0. The van der Waals surface area contributed by atoms with Crippen molar-refractivity contribution in [1.29, 1.82) is 0 Å². The van der Waals surface area contributed by atoms with E-state index in [1.165, 1.54) is 0 Å². The lowest BCUT2D eigenvalue weighted by Gasteiger charge is -2.06. The highest BCUT2D eigenvalue weighted by atomic mass is 79.9. The average Bonchev–Trinajstić information content (AvgIpc) is 2.63. The predicted molar refractivity (Wildman–Crippen MR) is 67.0 cm³/mol. The number of carbonyl (C=O) groups excluding carboxylic acids is 1. The zero-order chi connectivity index (χ0) is 14.2. The van der Waals surface area contributed by atoms with E-state index in [-0.39, 0.29) is 5.76 Å². The number of carbonyl (C=O) groups is 1. The summed E-state index contributed by atoms with van der Waals surface area (Å²) in [5, 5.41) is 2.47. The van der Waals surface area contributed by atoms with Gasteiger partial charge in [-0.05, 0) is 25.1 Å². The number of aryl methyl sites for hydroxylation is 1. The third kappa shape index (κ3) is 3.09. The molecule has 19 heavy (non-hydrogen) atoms. The van der Waals surface area contributed by atoms with Gasteiger partial charge in [-0.15, -0.1) is 0 Å². The van der Waals surface area contributed by atoms with Gasteiger partial charge in [0.2, 0.25) is 0 Å². The number of halogens is 4. The fraction of sp³-hybridized carbons (Fsp3) is 0.250. The van der Waals surface area contributed by atoms with Crippen molar-refractivity contribution in [2.45, 2.75) is 13.1 Å². The van der Waals surface area contributed by atoms with Crippen LogP contribution in [0.2, 0.25) is 0 Å². The van der Waals surface area contributed by atoms with Gasteiger partial charge in [-0.2, -0.15) is 13.2 Å². The van der Waals surface area contributed by atoms with E-state index < -0.39 is 18.6 Å². The van der Waals surface area contributed by atoms with Crippen LogP contribution in [0.1, 0.15) is 16.1 Å². The molecule has 1 amide bonds. The first kappa shape index (κ1) is 13.9. The van der Waals surface area contributed by atoms with Crippen molar-refractivity contribution in [2.75, 3.05) is 6.54 Å². The molecule has 1 aromatic carbocycles. The Morgan fingerprint density at radius 2 is 2.11 bits per heavy atom. The molecule has 102 valence electrons. The number of hydrogen-bond acceptors (Lipinski definition) is 2. The number of amides is 1. The molecule has 0 saturated heterocycles. The van der Waals surface area contributed by atoms with Gasteiger partial charge in [0.05, 0.1) is 0 Å². The molecule has 0 fully saturated rings. The summed E-state index contributed by atoms with van der Waals surface area (Å²) in [6, 6.07) is 5.12. The molecule has 0 aliphatic carbocycles. The number of alkyl halides is 3. The molecule has 0 bridgehead atoms. The molecule has 7 heteroatoms. The van der Waals surface area contributed by atoms with Gasteiger partial charge >= 0.3 is 6.18 Å². The summed E-state index contributed by atoms with van der Waals surface area (Å²) in [5.74, 6) is -0.973. The van der Waals surface area contributed by atoms with Gasteiger partial charge < -0.3 is 9.73 Å². The summed E-state index contributed by atoms with van der Waals surface area (Å²) < 4.78 is 42.2. The smallest absolute Gasteiger partial charge is 0.405 e. The van der Waals surface area contributed by atoms with E-state index in [9.17, 15) is 18.0 Å². The Balaban J connectivity index is 2.30. The second-order valence-electron chi connectivity index (χ2n) is 3.99. The van der Waals surface area contributed by atoms with E-state index in [1.807, 2.05) is 0 Å². The summed E-state index contributed by atoms with van der Waals surface area (Å²) in [7, 11) is 0. The third-order valence-electron chi connectivity index (χ3n) is 2.55. The summed E-state index contributed by atoms with van der Waals surface area (Å²) in [5.41, 5.74) is 0.967. The predicted octanol–water partition coefficient (Wildman–Crippen LogP) is 3.80. The Labute approximate surface area is 114 Å². The fourth-order valence-electron chi connectivity index (χ4n) is 1.67. The Morgan fingerprint density at radius 1 is 1.42 bits per heavy atom. The van der Waals surface area contributed by atoms with Gasteiger partial charge in [-0.25, -0.2) is 0 Å². The van der Waals surface area contributed by atoms with Crippen molar-refractivity contribution < 1.29 is 22.4 Å². The molecule has 0 radical (unpaired) electrons. The first-order valence-corrected chi connectivity index (χ1v) is 6.11. The molecular weight excluding hydrogens is 327 g/mol. The summed E-state index contributed by atoms with van der Waals surface area (Å²) in [6.45, 7) is 0.243. The molecule has 1 heterocycles. The lowest BCUT2D eigenvalue weighted by Crippen LogP contribution is -2.33. The molecule has 2 aromatic rings. The molecule has 0 atom stereocenters. The van der Waals surface area contributed by atoms with Crippen molar-refractivity contribution in [3.05, 3.63) is 34.0 Å². The molecule has 0 aliphatic heterocycles. The molecule has 1 aromatic heterocycles. The number of nitrogens with one attached hydrogen (secondary N) is 1. The molecule has 0 spiro atoms. The van der Waals surface area contributed by atoms with E-state index in [1.54, 1.807) is 30.4 Å². The first-order valence-electron chi connectivity index (χ1n) is 5.31. The van der Waals surface area contributed by atoms with Crippen LogP contribution >= 0.6 is 15.9 Å². The van der Waals surface area contributed by atoms with Gasteiger partial charge in [-0.1, -0.05) is 15.9 Å². The van der Waals surface area contributed by atoms with E-state index >= 15 is 0 Å². The Hall–Kier alpha value is -1.50. The zero-order valence-corrected chi connectivity index (χ0v) is 11.4. The maximum absolute atomic E-state index is 12.0. The first-order chi connectivity index (χ1) is 8.78. The monoisotopic (exact) mass is 335 g/mol. The standard InChI is InChI=1S/C12H9BrF3NO2/c1-6-8-4-7(13)2-3-9(8)19-10(6)11(18)17-5-12(14,15)16/h2-4H,5H2,1H3,(H,17,18). The lowest BCUT2D eigenvalue weighted by molar-refractivity contribution is -0.123. The number of fused-ring (bicyclic) bond motifs is 1. The second-order valence-corrected chi connectivity index (χ2v) is 4.91. The van der Waals surface area contributed by atoms with Gasteiger partial charge in [0.1, 0.15) is 12.1 Å². The van der Waals surface area contributed by atoms with E-state index in [0.29, 0.717) is 16.5 Å². The third-order valence-corrected chi connectivity index (χ3v) is 3.05. The summed E-state index contributed by atoms with van der Waals surface area (Å²) >= 11 is 3.28. The van der Waals surface area contributed by atoms with E-state index in [2.05, 4.69) is 15.9 Å². The molecule has 0 aliphatic rings. The van der Waals surface area contributed by atoms with Crippen LogP contribution in [-0.4, -0.2) is 18.6 Å². The van der Waals surface area contributed by atoms with Crippen molar-refractivity contribution in [1.82, 2.24) is 5.32 Å². The zero-order valence-electron chi connectivity index (χ0n) is 9.77. The highest BCUT2D eigenvalue weighted by molar-refractivity contribution is 9.10. The summed E-state index contributed by atoms with van der Waals surface area (Å²) in [6.07, 6.45) is -4.45. The maximum Gasteiger partial charge on any atom is 0.405 e. The fourth-order valence-corrected chi connectivity index (χ4v) is 2.03. The highest BCUT2D eigenvalue weighted by Crippen LogP contribution is 2.28. The van der Waals surface area contributed by atoms with E-state index in [0.717, 1.165) is 4.47 Å². The minimum Gasteiger partial charge on any atom is -0.451 e. The van der Waals surface area contributed by atoms with Gasteiger partial charge in [-0.3, -0.25) is 4.79 Å². The van der Waals surface area contributed by atoms with Crippen LogP contribution in [0.15, 0.2) is 27.1 Å². The van der Waals surface area contributed by atoms with Crippen molar-refractivity contribution in [3.8, 4) is 0 Å². The topological polar surface area (TPSA) is 42.2 Å². The molecular formula is C12H9BrF3NO2. The van der Waals surface area contributed by atoms with Gasteiger partial charge in [0, 0.05) is 15.4 Å². The largest absolute Gasteiger partial charge is 0.451 e. The molecule has 0 saturated carbocycles. The molecule has 2 rings (SSSR count). The normalized spacial score (nSPS) is 11.8. The lowest BCUT2D eigenvalue weighted by atomic mass is 10.1. The highest BCUT2D eigenvalue weighted by Gasteiger charge is 2.29. The van der Waals surface area contributed by atoms with E-state index in [4.69, 9.17) is 4.42 Å². The second kappa shape index (κ2) is 4.88. The van der Waals surface area contributed by atoms with Crippen LogP contribution < -0.4 is 5.32 Å².